The van der Waals surface area contributed by atoms with Crippen LogP contribution in [0.1, 0.15) is 52.9 Å². The third-order valence-corrected chi connectivity index (χ3v) is 3.74. The fourth-order valence-corrected chi connectivity index (χ4v) is 2.62. The normalized spacial score (nSPS) is 19.6. The largest absolute Gasteiger partial charge is 0.343 e. The van der Waals surface area contributed by atoms with Crippen molar-refractivity contribution in [1.29, 1.82) is 0 Å². The van der Waals surface area contributed by atoms with E-state index in [0.29, 0.717) is 5.91 Å². The van der Waals surface area contributed by atoms with Gasteiger partial charge in [0.15, 0.2) is 0 Å². The van der Waals surface area contributed by atoms with Crippen molar-refractivity contribution in [1.82, 2.24) is 4.90 Å². The van der Waals surface area contributed by atoms with Gasteiger partial charge in [0, 0.05) is 18.5 Å². The van der Waals surface area contributed by atoms with Crippen molar-refractivity contribution < 1.29 is 4.79 Å². The Hall–Kier alpha value is -0.530. The van der Waals surface area contributed by atoms with E-state index in [0.717, 1.165) is 32.4 Å². The molecule has 2 nitrogen and oxygen atoms in total. The summed E-state index contributed by atoms with van der Waals surface area (Å²) in [5, 5.41) is 0. The maximum absolute atomic E-state index is 12.3. The number of amides is 1. The molecule has 0 unspecified atom stereocenters. The van der Waals surface area contributed by atoms with Crippen LogP contribution in [0, 0.1) is 5.41 Å². The van der Waals surface area contributed by atoms with E-state index in [2.05, 4.69) is 20.8 Å². The number of nitrogens with zero attached hydrogens (tertiary/aromatic N) is 1. The average molecular weight is 197 g/mol. The first-order valence-electron chi connectivity index (χ1n) is 5.99. The van der Waals surface area contributed by atoms with Gasteiger partial charge in [0.25, 0.3) is 0 Å². The molecule has 0 bridgehead atoms. The van der Waals surface area contributed by atoms with Crippen LogP contribution in [0.25, 0.3) is 0 Å². The molecule has 0 aromatic carbocycles. The molecule has 2 heteroatoms. The first-order chi connectivity index (χ1) is 6.70. The Morgan fingerprint density at radius 2 is 1.64 bits per heavy atom. The number of carbonyl (C=O) groups is 1. The summed E-state index contributed by atoms with van der Waals surface area (Å²) < 4.78 is 0. The molecule has 82 valence electrons. The van der Waals surface area contributed by atoms with Crippen LogP contribution in [0.5, 0.6) is 0 Å². The molecule has 0 saturated heterocycles. The van der Waals surface area contributed by atoms with Crippen molar-refractivity contribution in [3.63, 3.8) is 0 Å². The predicted molar refractivity (Wildman–Crippen MR) is 59.1 cm³/mol. The summed E-state index contributed by atoms with van der Waals surface area (Å²) in [6.07, 6.45) is 5.71. The van der Waals surface area contributed by atoms with E-state index in [9.17, 15) is 4.79 Å². The third-order valence-electron chi connectivity index (χ3n) is 3.74. The van der Waals surface area contributed by atoms with Crippen molar-refractivity contribution in [2.45, 2.75) is 52.9 Å². The highest BCUT2D eigenvalue weighted by Gasteiger charge is 2.40. The molecule has 1 rings (SSSR count). The molecule has 1 amide bonds. The zero-order valence-electron chi connectivity index (χ0n) is 9.81. The van der Waals surface area contributed by atoms with E-state index in [1.807, 2.05) is 4.90 Å². The lowest BCUT2D eigenvalue weighted by molar-refractivity contribution is -0.141. The molecule has 0 N–H and O–H groups in total. The Kier molecular flexibility index (Phi) is 3.97. The standard InChI is InChI=1S/C12H23NO/c1-4-12(9-7-8-10-12)11(14)13(5-2)6-3/h4-10H2,1-3H3. The quantitative estimate of drug-likeness (QED) is 0.678. The molecule has 0 spiro atoms. The SMILES string of the molecule is CCN(CC)C(=O)C1(CC)CCCC1. The lowest BCUT2D eigenvalue weighted by Gasteiger charge is -2.32. The Bertz CT molecular complexity index is 190. The second-order valence-electron chi connectivity index (χ2n) is 4.32. The van der Waals surface area contributed by atoms with Gasteiger partial charge in [-0.05, 0) is 33.1 Å². The second kappa shape index (κ2) is 4.81. The maximum Gasteiger partial charge on any atom is 0.228 e. The van der Waals surface area contributed by atoms with Crippen LogP contribution in [0.15, 0.2) is 0 Å². The molecule has 0 heterocycles. The third kappa shape index (κ3) is 1.94. The predicted octanol–water partition coefficient (Wildman–Crippen LogP) is 2.83. The second-order valence-corrected chi connectivity index (χ2v) is 4.32. The smallest absolute Gasteiger partial charge is 0.228 e. The van der Waals surface area contributed by atoms with Crippen LogP contribution >= 0.6 is 0 Å². The minimum atomic E-state index is 0.00597. The van der Waals surface area contributed by atoms with E-state index in [4.69, 9.17) is 0 Å². The summed E-state index contributed by atoms with van der Waals surface area (Å²) in [5.41, 5.74) is 0.00597. The van der Waals surface area contributed by atoms with E-state index >= 15 is 0 Å². The highest BCUT2D eigenvalue weighted by Crippen LogP contribution is 2.42. The van der Waals surface area contributed by atoms with Gasteiger partial charge in [-0.25, -0.2) is 0 Å². The summed E-state index contributed by atoms with van der Waals surface area (Å²) in [7, 11) is 0. The fraction of sp³-hybridized carbons (Fsp3) is 0.917. The summed E-state index contributed by atoms with van der Waals surface area (Å²) in [6, 6.07) is 0. The molecule has 0 aromatic heterocycles. The molecule has 1 aliphatic rings. The van der Waals surface area contributed by atoms with Gasteiger partial charge in [-0.3, -0.25) is 4.79 Å². The van der Waals surface area contributed by atoms with Gasteiger partial charge in [-0.2, -0.15) is 0 Å². The highest BCUT2D eigenvalue weighted by atomic mass is 16.2. The van der Waals surface area contributed by atoms with Crippen LogP contribution < -0.4 is 0 Å². The van der Waals surface area contributed by atoms with Crippen LogP contribution in [0.3, 0.4) is 0 Å². The Morgan fingerprint density at radius 1 is 1.14 bits per heavy atom. The average Bonchev–Trinajstić information content (AvgIpc) is 2.69. The molecular weight excluding hydrogens is 174 g/mol. The molecule has 14 heavy (non-hydrogen) atoms. The van der Waals surface area contributed by atoms with Crippen LogP contribution in [0.2, 0.25) is 0 Å². The zero-order valence-corrected chi connectivity index (χ0v) is 9.81. The maximum atomic E-state index is 12.3. The lowest BCUT2D eigenvalue weighted by atomic mass is 9.82. The van der Waals surface area contributed by atoms with Crippen LogP contribution in [-0.4, -0.2) is 23.9 Å². The van der Waals surface area contributed by atoms with Gasteiger partial charge in [0.05, 0.1) is 0 Å². The zero-order chi connectivity index (χ0) is 10.6. The van der Waals surface area contributed by atoms with Gasteiger partial charge in [0.1, 0.15) is 0 Å². The Balaban J connectivity index is 2.73. The summed E-state index contributed by atoms with van der Waals surface area (Å²) in [6.45, 7) is 8.01. The number of carbonyl (C=O) groups excluding carboxylic acids is 1. The molecule has 1 aliphatic carbocycles. The summed E-state index contributed by atoms with van der Waals surface area (Å²) in [4.78, 5) is 14.3. The van der Waals surface area contributed by atoms with Crippen molar-refractivity contribution in [2.24, 2.45) is 5.41 Å². The lowest BCUT2D eigenvalue weighted by Crippen LogP contribution is -2.42. The molecular formula is C12H23NO. The first kappa shape index (κ1) is 11.5. The number of rotatable bonds is 4. The van der Waals surface area contributed by atoms with E-state index in [1.165, 1.54) is 12.8 Å². The van der Waals surface area contributed by atoms with E-state index < -0.39 is 0 Å². The minimum Gasteiger partial charge on any atom is -0.343 e. The highest BCUT2D eigenvalue weighted by molar-refractivity contribution is 5.83. The van der Waals surface area contributed by atoms with Crippen LogP contribution in [-0.2, 0) is 4.79 Å². The molecule has 0 aliphatic heterocycles. The van der Waals surface area contributed by atoms with Crippen molar-refractivity contribution in [3.05, 3.63) is 0 Å². The van der Waals surface area contributed by atoms with Gasteiger partial charge in [0.2, 0.25) is 5.91 Å². The molecule has 1 fully saturated rings. The number of hydrogen-bond acceptors (Lipinski definition) is 1. The number of hydrogen-bond donors (Lipinski definition) is 0. The summed E-state index contributed by atoms with van der Waals surface area (Å²) in [5.74, 6) is 0.405. The molecule has 0 aromatic rings. The summed E-state index contributed by atoms with van der Waals surface area (Å²) >= 11 is 0. The van der Waals surface area contributed by atoms with Crippen molar-refractivity contribution >= 4 is 5.91 Å². The Labute approximate surface area is 87.7 Å². The molecule has 0 atom stereocenters. The Morgan fingerprint density at radius 3 is 2.00 bits per heavy atom. The van der Waals surface area contributed by atoms with Gasteiger partial charge >= 0.3 is 0 Å². The molecule has 0 radical (unpaired) electrons. The first-order valence-corrected chi connectivity index (χ1v) is 5.99. The van der Waals surface area contributed by atoms with Gasteiger partial charge < -0.3 is 4.90 Å². The van der Waals surface area contributed by atoms with Gasteiger partial charge in [-0.15, -0.1) is 0 Å². The molecule has 1 saturated carbocycles. The van der Waals surface area contributed by atoms with Crippen molar-refractivity contribution in [3.8, 4) is 0 Å². The minimum absolute atomic E-state index is 0.00597. The van der Waals surface area contributed by atoms with E-state index in [1.54, 1.807) is 0 Å². The van der Waals surface area contributed by atoms with E-state index in [-0.39, 0.29) is 5.41 Å². The van der Waals surface area contributed by atoms with Crippen LogP contribution in [0.4, 0.5) is 0 Å². The van der Waals surface area contributed by atoms with Gasteiger partial charge in [-0.1, -0.05) is 19.8 Å². The monoisotopic (exact) mass is 197 g/mol. The topological polar surface area (TPSA) is 20.3 Å². The van der Waals surface area contributed by atoms with Crippen molar-refractivity contribution in [2.75, 3.05) is 13.1 Å². The fourth-order valence-electron chi connectivity index (χ4n) is 2.62.